The third-order valence-electron chi connectivity index (χ3n) is 5.20. The number of benzene rings is 2. The van der Waals surface area contributed by atoms with E-state index in [4.69, 9.17) is 0 Å². The number of quaternary nitrogens is 1. The molecule has 3 aromatic rings. The first-order valence-corrected chi connectivity index (χ1v) is 11.0. The van der Waals surface area contributed by atoms with Crippen molar-refractivity contribution in [3.8, 4) is 11.4 Å². The fourth-order valence-corrected chi connectivity index (χ4v) is 4.36. The van der Waals surface area contributed by atoms with Gasteiger partial charge in [0.1, 0.15) is 6.54 Å². The van der Waals surface area contributed by atoms with E-state index in [9.17, 15) is 4.79 Å². The van der Waals surface area contributed by atoms with Crippen molar-refractivity contribution in [3.63, 3.8) is 0 Å². The number of carbonyl (C=O) groups excluding carboxylic acids is 1. The van der Waals surface area contributed by atoms with E-state index in [1.807, 2.05) is 54.1 Å². The number of carbonyl (C=O) groups is 1. The highest BCUT2D eigenvalue weighted by Gasteiger charge is 2.16. The quantitative estimate of drug-likeness (QED) is 0.589. The van der Waals surface area contributed by atoms with Crippen molar-refractivity contribution >= 4 is 23.4 Å². The molecule has 4 rings (SSSR count). The van der Waals surface area contributed by atoms with Crippen LogP contribution >= 0.6 is 11.8 Å². The molecule has 7 heteroatoms. The van der Waals surface area contributed by atoms with E-state index in [0.717, 1.165) is 28.8 Å². The summed E-state index contributed by atoms with van der Waals surface area (Å²) in [6.07, 6.45) is 2.67. The summed E-state index contributed by atoms with van der Waals surface area (Å²) >= 11 is 1.39. The first-order valence-electron chi connectivity index (χ1n) is 9.99. The molecular weight excluding hydrogens is 382 g/mol. The van der Waals surface area contributed by atoms with Gasteiger partial charge in [0.25, 0.3) is 0 Å². The van der Waals surface area contributed by atoms with Crippen LogP contribution in [0.15, 0.2) is 59.8 Å². The normalized spacial score (nSPS) is 14.2. The Balaban J connectivity index is 1.29. The molecule has 0 saturated carbocycles. The summed E-state index contributed by atoms with van der Waals surface area (Å²) in [6.45, 7) is 3.60. The second kappa shape index (κ2) is 9.24. The molecule has 1 aliphatic rings. The highest BCUT2D eigenvalue weighted by atomic mass is 32.2. The van der Waals surface area contributed by atoms with Gasteiger partial charge in [0, 0.05) is 36.7 Å². The molecule has 2 N–H and O–H groups in total. The van der Waals surface area contributed by atoms with Gasteiger partial charge in [0.15, 0.2) is 11.0 Å². The fourth-order valence-electron chi connectivity index (χ4n) is 3.65. The molecule has 0 aliphatic carbocycles. The van der Waals surface area contributed by atoms with Gasteiger partial charge in [-0.05, 0) is 12.1 Å². The number of nitrogens with one attached hydrogen (secondary N) is 2. The van der Waals surface area contributed by atoms with Crippen molar-refractivity contribution in [1.82, 2.24) is 14.8 Å². The summed E-state index contributed by atoms with van der Waals surface area (Å²) in [6, 6.07) is 18.1. The molecule has 150 valence electrons. The number of hydrogen-bond donors (Lipinski definition) is 2. The third kappa shape index (κ3) is 5.05. The van der Waals surface area contributed by atoms with Gasteiger partial charge in [0.05, 0.1) is 18.8 Å². The number of thioether (sulfide) groups is 1. The lowest BCUT2D eigenvalue weighted by Crippen LogP contribution is -3.08. The van der Waals surface area contributed by atoms with Crippen molar-refractivity contribution in [2.24, 2.45) is 7.05 Å². The van der Waals surface area contributed by atoms with Gasteiger partial charge in [-0.25, -0.2) is 0 Å². The molecule has 0 spiro atoms. The fraction of sp³-hybridized carbons (Fsp3) is 0.318. The predicted octanol–water partition coefficient (Wildman–Crippen LogP) is 2.39. The summed E-state index contributed by atoms with van der Waals surface area (Å²) in [5.74, 6) is 1.04. The summed E-state index contributed by atoms with van der Waals surface area (Å²) in [5, 5.41) is 12.2. The summed E-state index contributed by atoms with van der Waals surface area (Å²) in [4.78, 5) is 14.0. The molecule has 0 radical (unpaired) electrons. The van der Waals surface area contributed by atoms with E-state index >= 15 is 0 Å². The van der Waals surface area contributed by atoms with E-state index in [2.05, 4.69) is 27.6 Å². The molecule has 2 heterocycles. The first-order chi connectivity index (χ1) is 14.2. The van der Waals surface area contributed by atoms with Crippen LogP contribution in [0.4, 0.5) is 5.69 Å². The number of likely N-dealkylation sites (tertiary alicyclic amines) is 1. The van der Waals surface area contributed by atoms with Crippen molar-refractivity contribution < 1.29 is 9.69 Å². The van der Waals surface area contributed by atoms with Crippen LogP contribution in [0.1, 0.15) is 18.4 Å². The summed E-state index contributed by atoms with van der Waals surface area (Å²) < 4.78 is 1.92. The topological polar surface area (TPSA) is 64.2 Å². The van der Waals surface area contributed by atoms with E-state index < -0.39 is 0 Å². The number of anilines is 1. The molecule has 1 amide bonds. The second-order valence-electron chi connectivity index (χ2n) is 7.40. The molecule has 1 fully saturated rings. The van der Waals surface area contributed by atoms with Crippen LogP contribution in [0.5, 0.6) is 0 Å². The van der Waals surface area contributed by atoms with Crippen molar-refractivity contribution in [1.29, 1.82) is 0 Å². The Morgan fingerprint density at radius 2 is 1.79 bits per heavy atom. The Morgan fingerprint density at radius 3 is 2.52 bits per heavy atom. The van der Waals surface area contributed by atoms with E-state index in [1.165, 1.54) is 43.3 Å². The van der Waals surface area contributed by atoms with Gasteiger partial charge >= 0.3 is 0 Å². The molecule has 1 aromatic heterocycles. The monoisotopic (exact) mass is 408 g/mol. The second-order valence-corrected chi connectivity index (χ2v) is 8.34. The lowest BCUT2D eigenvalue weighted by atomic mass is 10.2. The van der Waals surface area contributed by atoms with Crippen molar-refractivity contribution in [2.75, 3.05) is 24.2 Å². The van der Waals surface area contributed by atoms with Crippen molar-refractivity contribution in [3.05, 3.63) is 60.2 Å². The largest absolute Gasteiger partial charge is 0.331 e. The number of rotatable bonds is 7. The molecule has 1 aliphatic heterocycles. The minimum atomic E-state index is -0.0443. The summed E-state index contributed by atoms with van der Waals surface area (Å²) in [5.41, 5.74) is 3.16. The van der Waals surface area contributed by atoms with Gasteiger partial charge in [0.2, 0.25) is 5.91 Å². The van der Waals surface area contributed by atoms with Gasteiger partial charge in [-0.1, -0.05) is 54.2 Å². The van der Waals surface area contributed by atoms with Crippen LogP contribution in [0.25, 0.3) is 11.4 Å². The third-order valence-corrected chi connectivity index (χ3v) is 6.22. The Hall–Kier alpha value is -2.64. The number of aromatic nitrogens is 3. The van der Waals surface area contributed by atoms with Gasteiger partial charge in [-0.2, -0.15) is 0 Å². The van der Waals surface area contributed by atoms with E-state index in [0.29, 0.717) is 5.75 Å². The maximum absolute atomic E-state index is 12.3. The molecule has 1 saturated heterocycles. The van der Waals surface area contributed by atoms with Gasteiger partial charge in [-0.15, -0.1) is 10.2 Å². The minimum absolute atomic E-state index is 0.0443. The van der Waals surface area contributed by atoms with E-state index in [1.54, 1.807) is 4.90 Å². The predicted molar refractivity (Wildman–Crippen MR) is 116 cm³/mol. The highest BCUT2D eigenvalue weighted by molar-refractivity contribution is 7.99. The molecular formula is C22H26N5OS+. The number of amides is 1. The average Bonchev–Trinajstić information content (AvgIpc) is 3.38. The molecule has 0 atom stereocenters. The Kier molecular flexibility index (Phi) is 6.27. The van der Waals surface area contributed by atoms with Crippen LogP contribution < -0.4 is 10.2 Å². The van der Waals surface area contributed by atoms with Crippen LogP contribution in [-0.4, -0.2) is 39.5 Å². The SMILES string of the molecule is Cn1c(SCC(=O)Nc2ccc(C[NH+]3CCCC3)cc2)nnc1-c1ccccc1. The first kappa shape index (κ1) is 19.7. The van der Waals surface area contributed by atoms with E-state index in [-0.39, 0.29) is 5.91 Å². The molecule has 2 aromatic carbocycles. The van der Waals surface area contributed by atoms with Gasteiger partial charge < -0.3 is 14.8 Å². The van der Waals surface area contributed by atoms with Crippen LogP contribution in [0.2, 0.25) is 0 Å². The zero-order valence-corrected chi connectivity index (χ0v) is 17.4. The lowest BCUT2D eigenvalue weighted by Gasteiger charge is -2.12. The Morgan fingerprint density at radius 1 is 1.07 bits per heavy atom. The molecule has 6 nitrogen and oxygen atoms in total. The molecule has 0 bridgehead atoms. The van der Waals surface area contributed by atoms with Crippen LogP contribution in [0, 0.1) is 0 Å². The van der Waals surface area contributed by atoms with Crippen molar-refractivity contribution in [2.45, 2.75) is 24.5 Å². The number of nitrogens with zero attached hydrogens (tertiary/aromatic N) is 3. The lowest BCUT2D eigenvalue weighted by molar-refractivity contribution is -0.901. The number of hydrogen-bond acceptors (Lipinski definition) is 4. The highest BCUT2D eigenvalue weighted by Crippen LogP contribution is 2.22. The Labute approximate surface area is 175 Å². The maximum atomic E-state index is 12.3. The van der Waals surface area contributed by atoms with Crippen LogP contribution in [0.3, 0.4) is 0 Å². The van der Waals surface area contributed by atoms with Crippen LogP contribution in [-0.2, 0) is 18.4 Å². The average molecular weight is 409 g/mol. The molecule has 0 unspecified atom stereocenters. The molecule has 29 heavy (non-hydrogen) atoms. The Bertz CT molecular complexity index is 949. The standard InChI is InChI=1S/C22H25N5OS/c1-26-21(18-7-3-2-4-8-18)24-25-22(26)29-16-20(28)23-19-11-9-17(10-12-19)15-27-13-5-6-14-27/h2-4,7-12H,5-6,13-16H2,1H3,(H,23,28)/p+1. The zero-order valence-electron chi connectivity index (χ0n) is 16.6. The zero-order chi connectivity index (χ0) is 20.1. The summed E-state index contributed by atoms with van der Waals surface area (Å²) in [7, 11) is 1.92. The minimum Gasteiger partial charge on any atom is -0.331 e. The van der Waals surface area contributed by atoms with Gasteiger partial charge in [-0.3, -0.25) is 4.79 Å². The smallest absolute Gasteiger partial charge is 0.234 e. The maximum Gasteiger partial charge on any atom is 0.234 e.